The molecule has 0 unspecified atom stereocenters. The number of nitrogens with one attached hydrogen (secondary N) is 1. The number of carbonyl (C=O) groups is 2. The van der Waals surface area contributed by atoms with Crippen molar-refractivity contribution in [2.45, 2.75) is 52.0 Å². The highest BCUT2D eigenvalue weighted by Gasteiger charge is 2.25. The van der Waals surface area contributed by atoms with Gasteiger partial charge in [-0.2, -0.15) is 5.10 Å². The Morgan fingerprint density at radius 3 is 2.68 bits per heavy atom. The Bertz CT molecular complexity index is 705. The van der Waals surface area contributed by atoms with Gasteiger partial charge >= 0.3 is 0 Å². The van der Waals surface area contributed by atoms with Crippen molar-refractivity contribution in [2.24, 2.45) is 5.92 Å². The van der Waals surface area contributed by atoms with Gasteiger partial charge in [0.2, 0.25) is 11.8 Å². The maximum absolute atomic E-state index is 12.3. The van der Waals surface area contributed by atoms with Crippen molar-refractivity contribution in [3.05, 3.63) is 27.7 Å². The predicted octanol–water partition coefficient (Wildman–Crippen LogP) is 0.497. The first-order valence-corrected chi connectivity index (χ1v) is 9.18. The number of rotatable bonds is 4. The lowest BCUT2D eigenvalue weighted by Gasteiger charge is -2.30. The standard InChI is InChI=1S/C18H26N4O3/c1-13(23)21-9-6-14(7-10-21)18(25)19-8-11-22-17(24)12-15-4-2-3-5-16(15)20-22/h12,14H,2-11H2,1H3,(H,19,25). The van der Waals surface area contributed by atoms with Gasteiger partial charge in [0.15, 0.2) is 0 Å². The molecule has 3 rings (SSSR count). The van der Waals surface area contributed by atoms with Crippen LogP contribution in [0.25, 0.3) is 0 Å². The fourth-order valence-electron chi connectivity index (χ4n) is 3.65. The fraction of sp³-hybridized carbons (Fsp3) is 0.667. The summed E-state index contributed by atoms with van der Waals surface area (Å²) in [5.74, 6) is 0.0229. The van der Waals surface area contributed by atoms with Crippen molar-refractivity contribution in [3.8, 4) is 0 Å². The van der Waals surface area contributed by atoms with E-state index in [2.05, 4.69) is 10.4 Å². The summed E-state index contributed by atoms with van der Waals surface area (Å²) in [6.07, 6.45) is 5.50. The monoisotopic (exact) mass is 346 g/mol. The molecule has 7 heteroatoms. The Hall–Kier alpha value is -2.18. The van der Waals surface area contributed by atoms with E-state index in [1.807, 2.05) is 0 Å². The number of likely N-dealkylation sites (tertiary alicyclic amines) is 1. The number of amides is 2. The van der Waals surface area contributed by atoms with Crippen LogP contribution in [0.5, 0.6) is 0 Å². The predicted molar refractivity (Wildman–Crippen MR) is 93.1 cm³/mol. The number of nitrogens with zero attached hydrogens (tertiary/aromatic N) is 3. The third kappa shape index (κ3) is 4.27. The minimum atomic E-state index is -0.0929. The molecule has 2 heterocycles. The summed E-state index contributed by atoms with van der Waals surface area (Å²) in [5.41, 5.74) is 2.01. The molecule has 1 aliphatic heterocycles. The second-order valence-electron chi connectivity index (χ2n) is 6.96. The van der Waals surface area contributed by atoms with Crippen LogP contribution in [0.3, 0.4) is 0 Å². The maximum atomic E-state index is 12.3. The third-order valence-electron chi connectivity index (χ3n) is 5.21. The van der Waals surface area contributed by atoms with Gasteiger partial charge in [-0.1, -0.05) is 0 Å². The Morgan fingerprint density at radius 1 is 1.24 bits per heavy atom. The largest absolute Gasteiger partial charge is 0.354 e. The van der Waals surface area contributed by atoms with E-state index < -0.39 is 0 Å². The summed E-state index contributed by atoms with van der Waals surface area (Å²) < 4.78 is 1.46. The molecule has 0 atom stereocenters. The molecule has 1 fully saturated rings. The average Bonchev–Trinajstić information content (AvgIpc) is 2.62. The van der Waals surface area contributed by atoms with Gasteiger partial charge in [-0.25, -0.2) is 4.68 Å². The van der Waals surface area contributed by atoms with E-state index in [0.717, 1.165) is 36.9 Å². The van der Waals surface area contributed by atoms with Crippen molar-refractivity contribution < 1.29 is 9.59 Å². The topological polar surface area (TPSA) is 84.3 Å². The van der Waals surface area contributed by atoms with Gasteiger partial charge < -0.3 is 10.2 Å². The van der Waals surface area contributed by atoms with Crippen LogP contribution < -0.4 is 10.9 Å². The molecule has 0 bridgehead atoms. The second-order valence-corrected chi connectivity index (χ2v) is 6.96. The summed E-state index contributed by atoms with van der Waals surface area (Å²) in [5, 5.41) is 7.37. The van der Waals surface area contributed by atoms with E-state index in [1.165, 1.54) is 4.68 Å². The van der Waals surface area contributed by atoms with Crippen molar-refractivity contribution >= 4 is 11.8 Å². The Balaban J connectivity index is 1.49. The van der Waals surface area contributed by atoms with Crippen molar-refractivity contribution in [2.75, 3.05) is 19.6 Å². The molecule has 1 N–H and O–H groups in total. The number of fused-ring (bicyclic) bond motifs is 1. The quantitative estimate of drug-likeness (QED) is 0.860. The van der Waals surface area contributed by atoms with Crippen molar-refractivity contribution in [1.29, 1.82) is 0 Å². The number of hydrogen-bond acceptors (Lipinski definition) is 4. The van der Waals surface area contributed by atoms with Crippen LogP contribution in [0.4, 0.5) is 0 Å². The van der Waals surface area contributed by atoms with Crippen LogP contribution in [0, 0.1) is 5.92 Å². The molecular formula is C18H26N4O3. The zero-order chi connectivity index (χ0) is 17.8. The Morgan fingerprint density at radius 2 is 1.96 bits per heavy atom. The van der Waals surface area contributed by atoms with E-state index in [1.54, 1.807) is 17.9 Å². The molecule has 7 nitrogen and oxygen atoms in total. The van der Waals surface area contributed by atoms with E-state index in [4.69, 9.17) is 0 Å². The Labute approximate surface area is 147 Å². The first kappa shape index (κ1) is 17.6. The van der Waals surface area contributed by atoms with Crippen LogP contribution in [-0.2, 0) is 29.0 Å². The van der Waals surface area contributed by atoms with Crippen LogP contribution in [0.15, 0.2) is 10.9 Å². The van der Waals surface area contributed by atoms with Gasteiger partial charge in [0.25, 0.3) is 5.56 Å². The van der Waals surface area contributed by atoms with E-state index in [-0.39, 0.29) is 23.3 Å². The molecule has 1 aromatic rings. The van der Waals surface area contributed by atoms with Gasteiger partial charge in [0.05, 0.1) is 12.2 Å². The molecule has 0 saturated carbocycles. The number of piperidine rings is 1. The third-order valence-corrected chi connectivity index (χ3v) is 5.21. The van der Waals surface area contributed by atoms with Gasteiger partial charge in [0, 0.05) is 38.5 Å². The Kier molecular flexibility index (Phi) is 5.50. The van der Waals surface area contributed by atoms with Crippen LogP contribution in [0.2, 0.25) is 0 Å². The normalized spacial score (nSPS) is 17.9. The molecule has 1 aliphatic carbocycles. The highest BCUT2D eigenvalue weighted by atomic mass is 16.2. The van der Waals surface area contributed by atoms with Crippen LogP contribution >= 0.6 is 0 Å². The summed E-state index contributed by atoms with van der Waals surface area (Å²) in [4.78, 5) is 37.5. The first-order valence-electron chi connectivity index (χ1n) is 9.18. The number of aromatic nitrogens is 2. The van der Waals surface area contributed by atoms with Gasteiger partial charge in [-0.15, -0.1) is 0 Å². The molecule has 2 aliphatic rings. The lowest BCUT2D eigenvalue weighted by Crippen LogP contribution is -2.43. The molecule has 0 spiro atoms. The zero-order valence-corrected chi connectivity index (χ0v) is 14.8. The SMILES string of the molecule is CC(=O)N1CCC(C(=O)NCCn2nc3c(cc2=O)CCCC3)CC1. The molecule has 2 amide bonds. The van der Waals surface area contributed by atoms with E-state index in [0.29, 0.717) is 39.0 Å². The summed E-state index contributed by atoms with van der Waals surface area (Å²) in [7, 11) is 0. The van der Waals surface area contributed by atoms with E-state index in [9.17, 15) is 14.4 Å². The molecule has 1 aromatic heterocycles. The summed E-state index contributed by atoms with van der Waals surface area (Å²) >= 11 is 0. The maximum Gasteiger partial charge on any atom is 0.267 e. The summed E-state index contributed by atoms with van der Waals surface area (Å²) in [6.45, 7) is 3.63. The molecule has 0 radical (unpaired) electrons. The molecule has 1 saturated heterocycles. The minimum Gasteiger partial charge on any atom is -0.354 e. The molecule has 25 heavy (non-hydrogen) atoms. The number of aryl methyl sites for hydroxylation is 2. The highest BCUT2D eigenvalue weighted by molar-refractivity contribution is 5.79. The van der Waals surface area contributed by atoms with Gasteiger partial charge in [-0.3, -0.25) is 14.4 Å². The van der Waals surface area contributed by atoms with Crippen molar-refractivity contribution in [3.63, 3.8) is 0 Å². The first-order chi connectivity index (χ1) is 12.0. The fourth-order valence-corrected chi connectivity index (χ4v) is 3.65. The van der Waals surface area contributed by atoms with Crippen molar-refractivity contribution in [1.82, 2.24) is 20.0 Å². The lowest BCUT2D eigenvalue weighted by molar-refractivity contribution is -0.133. The van der Waals surface area contributed by atoms with Crippen LogP contribution in [-0.4, -0.2) is 46.1 Å². The van der Waals surface area contributed by atoms with E-state index >= 15 is 0 Å². The number of hydrogen-bond donors (Lipinski definition) is 1. The number of carbonyl (C=O) groups excluding carboxylic acids is 2. The van der Waals surface area contributed by atoms with Gasteiger partial charge in [0.1, 0.15) is 0 Å². The average molecular weight is 346 g/mol. The highest BCUT2D eigenvalue weighted by Crippen LogP contribution is 2.18. The minimum absolute atomic E-state index is 0.00853. The van der Waals surface area contributed by atoms with Crippen LogP contribution in [0.1, 0.15) is 43.9 Å². The summed E-state index contributed by atoms with van der Waals surface area (Å²) in [6, 6.07) is 1.70. The molecular weight excluding hydrogens is 320 g/mol. The molecule has 0 aromatic carbocycles. The molecule has 136 valence electrons. The zero-order valence-electron chi connectivity index (χ0n) is 14.8. The second kappa shape index (κ2) is 7.80. The smallest absolute Gasteiger partial charge is 0.267 e. The van der Waals surface area contributed by atoms with Gasteiger partial charge in [-0.05, 0) is 44.1 Å². The lowest BCUT2D eigenvalue weighted by atomic mass is 9.96.